The van der Waals surface area contributed by atoms with Crippen molar-refractivity contribution in [2.24, 2.45) is 0 Å². The summed E-state index contributed by atoms with van der Waals surface area (Å²) in [4.78, 5) is 4.19. The van der Waals surface area contributed by atoms with Crippen LogP contribution in [0.1, 0.15) is 22.3 Å². The van der Waals surface area contributed by atoms with Crippen molar-refractivity contribution in [2.75, 3.05) is 17.6 Å². The van der Waals surface area contributed by atoms with E-state index in [-0.39, 0.29) is 4.90 Å². The molecule has 0 spiro atoms. The summed E-state index contributed by atoms with van der Waals surface area (Å²) in [6.07, 6.45) is 3.13. The van der Waals surface area contributed by atoms with Crippen molar-refractivity contribution < 1.29 is 13.2 Å². The third-order valence-corrected chi connectivity index (χ3v) is 5.98. The Kier molecular flexibility index (Phi) is 5.76. The fraction of sp³-hybridized carbons (Fsp3) is 0.136. The Balaban J connectivity index is 1.97. The van der Waals surface area contributed by atoms with Gasteiger partial charge in [0, 0.05) is 23.5 Å². The average Bonchev–Trinajstić information content (AvgIpc) is 2.69. The Morgan fingerprint density at radius 3 is 2.52 bits per heavy atom. The lowest BCUT2D eigenvalue weighted by atomic mass is 10.1. The summed E-state index contributed by atoms with van der Waals surface area (Å²) in [5, 5.41) is 0. The highest BCUT2D eigenvalue weighted by atomic mass is 32.2. The summed E-state index contributed by atoms with van der Waals surface area (Å²) in [6.45, 7) is 3.58. The molecular weight excluding hydrogens is 386 g/mol. The lowest BCUT2D eigenvalue weighted by molar-refractivity contribution is 0.411. The number of nitrogen functional groups attached to an aromatic ring is 1. The highest BCUT2D eigenvalue weighted by Gasteiger charge is 2.20. The number of nitrogens with zero attached hydrogens (tertiary/aromatic N) is 1. The van der Waals surface area contributed by atoms with Crippen molar-refractivity contribution in [2.45, 2.75) is 18.7 Å². The second-order valence-corrected chi connectivity index (χ2v) is 8.07. The summed E-state index contributed by atoms with van der Waals surface area (Å²) in [5.41, 5.74) is 9.22. The van der Waals surface area contributed by atoms with Crippen molar-refractivity contribution in [1.82, 2.24) is 4.98 Å². The second-order valence-electron chi connectivity index (χ2n) is 6.42. The summed E-state index contributed by atoms with van der Waals surface area (Å²) >= 11 is 0. The third kappa shape index (κ3) is 4.50. The second kappa shape index (κ2) is 8.25. The van der Waals surface area contributed by atoms with Gasteiger partial charge in [-0.2, -0.15) is 0 Å². The molecular formula is C22H21N3O3S. The number of hydrogen-bond donors (Lipinski definition) is 2. The average molecular weight is 407 g/mol. The van der Waals surface area contributed by atoms with Crippen LogP contribution in [-0.2, 0) is 10.0 Å². The van der Waals surface area contributed by atoms with Crippen LogP contribution in [0.3, 0.4) is 0 Å². The summed E-state index contributed by atoms with van der Waals surface area (Å²) in [7, 11) is -2.25. The molecule has 3 aromatic rings. The summed E-state index contributed by atoms with van der Waals surface area (Å²) in [6, 6.07) is 11.9. The zero-order chi connectivity index (χ0) is 21.0. The van der Waals surface area contributed by atoms with Gasteiger partial charge in [0.25, 0.3) is 10.0 Å². The Hall–Kier alpha value is -3.50. The number of para-hydroxylation sites is 1. The van der Waals surface area contributed by atoms with E-state index in [1.165, 1.54) is 12.3 Å². The number of ether oxygens (including phenoxy) is 1. The largest absolute Gasteiger partial charge is 0.496 e. The van der Waals surface area contributed by atoms with Crippen LogP contribution in [0.5, 0.6) is 5.75 Å². The van der Waals surface area contributed by atoms with Crippen molar-refractivity contribution in [3.8, 4) is 17.6 Å². The van der Waals surface area contributed by atoms with Gasteiger partial charge in [0.1, 0.15) is 5.75 Å². The molecule has 0 amide bonds. The van der Waals surface area contributed by atoms with Crippen molar-refractivity contribution in [1.29, 1.82) is 0 Å². The van der Waals surface area contributed by atoms with E-state index in [0.29, 0.717) is 33.8 Å². The fourth-order valence-corrected chi connectivity index (χ4v) is 4.21. The Labute approximate surface area is 170 Å². The molecule has 3 N–H and O–H groups in total. The molecule has 0 aliphatic carbocycles. The molecule has 0 fully saturated rings. The number of rotatable bonds is 4. The van der Waals surface area contributed by atoms with Gasteiger partial charge in [-0.05, 0) is 55.3 Å². The third-order valence-electron chi connectivity index (χ3n) is 4.47. The van der Waals surface area contributed by atoms with Crippen LogP contribution in [0.2, 0.25) is 0 Å². The van der Waals surface area contributed by atoms with Crippen LogP contribution < -0.4 is 15.2 Å². The van der Waals surface area contributed by atoms with Crippen LogP contribution >= 0.6 is 0 Å². The minimum Gasteiger partial charge on any atom is -0.496 e. The number of sulfonamides is 1. The van der Waals surface area contributed by atoms with E-state index in [0.717, 1.165) is 5.56 Å². The minimum absolute atomic E-state index is 0.193. The first-order chi connectivity index (χ1) is 13.8. The first-order valence-electron chi connectivity index (χ1n) is 8.80. The number of pyridine rings is 1. The lowest BCUT2D eigenvalue weighted by Gasteiger charge is -2.15. The molecule has 6 nitrogen and oxygen atoms in total. The molecule has 0 radical (unpaired) electrons. The predicted molar refractivity (Wildman–Crippen MR) is 114 cm³/mol. The van der Waals surface area contributed by atoms with E-state index in [4.69, 9.17) is 10.5 Å². The molecule has 1 heterocycles. The molecule has 7 heteroatoms. The smallest absolute Gasteiger partial charge is 0.262 e. The topological polar surface area (TPSA) is 94.3 Å². The van der Waals surface area contributed by atoms with E-state index in [1.807, 2.05) is 6.92 Å². The quantitative estimate of drug-likeness (QED) is 0.646. The maximum Gasteiger partial charge on any atom is 0.262 e. The molecule has 0 aliphatic heterocycles. The Morgan fingerprint density at radius 2 is 1.79 bits per heavy atom. The van der Waals surface area contributed by atoms with E-state index in [9.17, 15) is 8.42 Å². The van der Waals surface area contributed by atoms with Crippen LogP contribution in [0.4, 0.5) is 11.4 Å². The molecule has 3 rings (SSSR count). The summed E-state index contributed by atoms with van der Waals surface area (Å²) in [5.74, 6) is 6.58. The number of nitrogens with two attached hydrogens (primary N) is 1. The SMILES string of the molecule is COc1ccc(S(=O)(=O)Nc2ccccc2C#Cc2cncc(N)c2)c(C)c1C. The molecule has 0 atom stereocenters. The molecule has 148 valence electrons. The van der Waals surface area contributed by atoms with Gasteiger partial charge in [0.2, 0.25) is 0 Å². The molecule has 29 heavy (non-hydrogen) atoms. The molecule has 2 aromatic carbocycles. The van der Waals surface area contributed by atoms with E-state index < -0.39 is 10.0 Å². The normalized spacial score (nSPS) is 10.7. The first-order valence-corrected chi connectivity index (χ1v) is 10.3. The highest BCUT2D eigenvalue weighted by molar-refractivity contribution is 7.92. The van der Waals surface area contributed by atoms with Crippen LogP contribution in [0, 0.1) is 25.7 Å². The Morgan fingerprint density at radius 1 is 1.03 bits per heavy atom. The van der Waals surface area contributed by atoms with Gasteiger partial charge in [0.05, 0.1) is 23.4 Å². The maximum atomic E-state index is 13.0. The zero-order valence-electron chi connectivity index (χ0n) is 16.4. The Bertz CT molecular complexity index is 1230. The maximum absolute atomic E-state index is 13.0. The molecule has 0 saturated heterocycles. The van der Waals surface area contributed by atoms with Gasteiger partial charge in [0.15, 0.2) is 0 Å². The standard InChI is InChI=1S/C22H21N3O3S/c1-15-16(2)22(11-10-21(15)28-3)29(26,27)25-20-7-5-4-6-18(20)9-8-17-12-19(23)14-24-13-17/h4-7,10-14,25H,23H2,1-3H3. The molecule has 0 aliphatic rings. The minimum atomic E-state index is -3.81. The van der Waals surface area contributed by atoms with Crippen LogP contribution in [0.15, 0.2) is 59.8 Å². The number of anilines is 2. The van der Waals surface area contributed by atoms with E-state index >= 15 is 0 Å². The van der Waals surface area contributed by atoms with Gasteiger partial charge in [-0.1, -0.05) is 24.0 Å². The molecule has 1 aromatic heterocycles. The highest BCUT2D eigenvalue weighted by Crippen LogP contribution is 2.28. The zero-order valence-corrected chi connectivity index (χ0v) is 17.2. The monoisotopic (exact) mass is 407 g/mol. The first kappa shape index (κ1) is 20.2. The fourth-order valence-electron chi connectivity index (χ4n) is 2.83. The molecule has 0 unspecified atom stereocenters. The molecule has 0 bridgehead atoms. The van der Waals surface area contributed by atoms with Crippen LogP contribution in [0.25, 0.3) is 0 Å². The molecule has 0 saturated carbocycles. The predicted octanol–water partition coefficient (Wildman–Crippen LogP) is 3.49. The van der Waals surface area contributed by atoms with Gasteiger partial charge in [-0.3, -0.25) is 9.71 Å². The number of hydrogen-bond acceptors (Lipinski definition) is 5. The number of methoxy groups -OCH3 is 1. The van der Waals surface area contributed by atoms with Crippen molar-refractivity contribution >= 4 is 21.4 Å². The van der Waals surface area contributed by atoms with Crippen molar-refractivity contribution in [3.05, 3.63) is 77.1 Å². The van der Waals surface area contributed by atoms with E-state index in [2.05, 4.69) is 21.5 Å². The number of nitrogens with one attached hydrogen (secondary N) is 1. The van der Waals surface area contributed by atoms with E-state index in [1.54, 1.807) is 56.6 Å². The summed E-state index contributed by atoms with van der Waals surface area (Å²) < 4.78 is 33.9. The van der Waals surface area contributed by atoms with Gasteiger partial charge in [-0.25, -0.2) is 8.42 Å². The number of benzene rings is 2. The van der Waals surface area contributed by atoms with Crippen molar-refractivity contribution in [3.63, 3.8) is 0 Å². The van der Waals surface area contributed by atoms with Gasteiger partial charge >= 0.3 is 0 Å². The van der Waals surface area contributed by atoms with Gasteiger partial charge in [-0.15, -0.1) is 0 Å². The van der Waals surface area contributed by atoms with Gasteiger partial charge < -0.3 is 10.5 Å². The van der Waals surface area contributed by atoms with Crippen LogP contribution in [-0.4, -0.2) is 20.5 Å². The lowest BCUT2D eigenvalue weighted by Crippen LogP contribution is -2.15. The number of aromatic nitrogens is 1.